The molecule has 9 rings (SSSR count). The highest BCUT2D eigenvalue weighted by atomic mass is 16.5. The van der Waals surface area contributed by atoms with Crippen molar-refractivity contribution in [1.82, 2.24) is 0 Å². The predicted octanol–water partition coefficient (Wildman–Crippen LogP) is 11.8. The van der Waals surface area contributed by atoms with Crippen LogP contribution in [0.1, 0.15) is 0 Å². The molecule has 0 bridgehead atoms. The molecule has 0 amide bonds. The highest BCUT2D eigenvalue weighted by Crippen LogP contribution is 2.52. The van der Waals surface area contributed by atoms with Gasteiger partial charge in [-0.2, -0.15) is 0 Å². The molecule has 4 heteroatoms. The van der Waals surface area contributed by atoms with Crippen LogP contribution in [0.3, 0.4) is 0 Å². The lowest BCUT2D eigenvalue weighted by Crippen LogP contribution is -2.17. The summed E-state index contributed by atoms with van der Waals surface area (Å²) >= 11 is 0. The number of nitrogens with zero attached hydrogens (tertiary/aromatic N) is 2. The largest absolute Gasteiger partial charge is 0.456 e. The third-order valence-corrected chi connectivity index (χ3v) is 8.41. The van der Waals surface area contributed by atoms with Gasteiger partial charge in [0.1, 0.15) is 11.2 Å². The highest BCUT2D eigenvalue weighted by molar-refractivity contribution is 6.07. The van der Waals surface area contributed by atoms with Crippen molar-refractivity contribution in [1.29, 1.82) is 0 Å². The molecule has 208 valence electrons. The first kappa shape index (κ1) is 24.6. The van der Waals surface area contributed by atoms with Gasteiger partial charge < -0.3 is 19.0 Å². The lowest BCUT2D eigenvalue weighted by atomic mass is 10.0. The van der Waals surface area contributed by atoms with E-state index >= 15 is 0 Å². The van der Waals surface area contributed by atoms with Crippen LogP contribution in [0.5, 0.6) is 11.5 Å². The fourth-order valence-electron chi connectivity index (χ4n) is 6.42. The Labute approximate surface area is 254 Å². The third-order valence-electron chi connectivity index (χ3n) is 8.41. The number of ether oxygens (including phenoxy) is 1. The van der Waals surface area contributed by atoms with E-state index in [1.165, 1.54) is 10.8 Å². The summed E-state index contributed by atoms with van der Waals surface area (Å²) in [7, 11) is 0. The third kappa shape index (κ3) is 3.85. The average molecular weight is 567 g/mol. The molecule has 8 aromatic rings. The summed E-state index contributed by atoms with van der Waals surface area (Å²) in [5.74, 6) is 1.62. The van der Waals surface area contributed by atoms with Crippen LogP contribution < -0.4 is 14.5 Å². The van der Waals surface area contributed by atoms with Crippen molar-refractivity contribution in [3.8, 4) is 11.5 Å². The van der Waals surface area contributed by atoms with Crippen LogP contribution in [0.15, 0.2) is 162 Å². The van der Waals surface area contributed by atoms with E-state index in [1.807, 2.05) is 30.3 Å². The number of anilines is 6. The summed E-state index contributed by atoms with van der Waals surface area (Å²) in [4.78, 5) is 4.59. The fraction of sp³-hybridized carbons (Fsp3) is 0. The monoisotopic (exact) mass is 566 g/mol. The molecule has 0 unspecified atom stereocenters. The summed E-state index contributed by atoms with van der Waals surface area (Å²) in [5.41, 5.74) is 7.98. The van der Waals surface area contributed by atoms with E-state index in [0.29, 0.717) is 0 Å². The minimum Gasteiger partial charge on any atom is -0.456 e. The van der Waals surface area contributed by atoms with Crippen LogP contribution >= 0.6 is 0 Å². The average Bonchev–Trinajstić information content (AvgIpc) is 3.46. The molecule has 0 N–H and O–H groups in total. The highest BCUT2D eigenvalue weighted by Gasteiger charge is 2.27. The van der Waals surface area contributed by atoms with E-state index in [2.05, 4.69) is 137 Å². The van der Waals surface area contributed by atoms with Gasteiger partial charge in [0.2, 0.25) is 0 Å². The van der Waals surface area contributed by atoms with Gasteiger partial charge in [-0.3, -0.25) is 0 Å². The first-order valence-corrected chi connectivity index (χ1v) is 14.8. The molecule has 0 atom stereocenters. The Balaban J connectivity index is 1.27. The van der Waals surface area contributed by atoms with Crippen LogP contribution in [-0.4, -0.2) is 0 Å². The molecular formula is C40H26N2O2. The molecule has 44 heavy (non-hydrogen) atoms. The maximum Gasteiger partial charge on any atom is 0.153 e. The number of fused-ring (bicyclic) bond motifs is 6. The Morgan fingerprint density at radius 1 is 0.455 bits per heavy atom. The summed E-state index contributed by atoms with van der Waals surface area (Å²) in [5, 5.41) is 4.54. The smallest absolute Gasteiger partial charge is 0.153 e. The van der Waals surface area contributed by atoms with Gasteiger partial charge in [0.25, 0.3) is 0 Å². The molecule has 0 aliphatic carbocycles. The second-order valence-electron chi connectivity index (χ2n) is 11.0. The van der Waals surface area contributed by atoms with E-state index in [1.54, 1.807) is 0 Å². The van der Waals surface area contributed by atoms with Gasteiger partial charge in [0.05, 0.1) is 22.7 Å². The molecule has 0 radical (unpaired) electrons. The Kier molecular flexibility index (Phi) is 5.47. The standard InChI is InChI=1S/C40H26N2O2/c1-2-13-28(14-3-1)42-35-17-7-9-20-39(35)44-40-26-30(21-23-36(40)42)41(34-18-10-12-27-11-4-5-15-31(27)34)29-22-24-38-33(25-29)32-16-6-8-19-37(32)43-38/h1-26H. The first-order valence-electron chi connectivity index (χ1n) is 14.8. The lowest BCUT2D eigenvalue weighted by Gasteiger charge is -2.34. The zero-order valence-electron chi connectivity index (χ0n) is 23.7. The molecule has 0 spiro atoms. The van der Waals surface area contributed by atoms with Gasteiger partial charge in [0.15, 0.2) is 11.5 Å². The van der Waals surface area contributed by atoms with Gasteiger partial charge in [0, 0.05) is 33.6 Å². The molecule has 0 saturated carbocycles. The van der Waals surface area contributed by atoms with Crippen molar-refractivity contribution >= 4 is 66.8 Å². The topological polar surface area (TPSA) is 28.9 Å². The molecule has 1 aromatic heterocycles. The minimum absolute atomic E-state index is 0.796. The number of hydrogen-bond donors (Lipinski definition) is 0. The second-order valence-corrected chi connectivity index (χ2v) is 11.0. The summed E-state index contributed by atoms with van der Waals surface area (Å²) in [6, 6.07) is 54.8. The summed E-state index contributed by atoms with van der Waals surface area (Å²) in [6.45, 7) is 0. The number of rotatable bonds is 4. The van der Waals surface area contributed by atoms with Crippen molar-refractivity contribution in [2.45, 2.75) is 0 Å². The van der Waals surface area contributed by atoms with Gasteiger partial charge in [-0.1, -0.05) is 84.9 Å². The number of benzene rings is 7. The molecule has 1 aliphatic rings. The second kappa shape index (κ2) is 9.79. The number of hydrogen-bond acceptors (Lipinski definition) is 4. The van der Waals surface area contributed by atoms with Crippen molar-refractivity contribution in [3.63, 3.8) is 0 Å². The van der Waals surface area contributed by atoms with Gasteiger partial charge in [-0.05, 0) is 72.1 Å². The van der Waals surface area contributed by atoms with Crippen LogP contribution in [0.25, 0.3) is 32.7 Å². The Morgan fingerprint density at radius 3 is 2.07 bits per heavy atom. The van der Waals surface area contributed by atoms with Gasteiger partial charge in [-0.25, -0.2) is 0 Å². The number of para-hydroxylation sites is 4. The van der Waals surface area contributed by atoms with Gasteiger partial charge >= 0.3 is 0 Å². The van der Waals surface area contributed by atoms with Crippen LogP contribution in [-0.2, 0) is 0 Å². The molecule has 2 heterocycles. The molecule has 0 fully saturated rings. The van der Waals surface area contributed by atoms with Crippen LogP contribution in [0.2, 0.25) is 0 Å². The normalized spacial score (nSPS) is 12.2. The minimum atomic E-state index is 0.796. The SMILES string of the molecule is c1ccc(N2c3ccccc3Oc3cc(N(c4ccc5oc6ccccc6c5c4)c4cccc5ccccc45)ccc32)cc1. The van der Waals surface area contributed by atoms with E-state index in [-0.39, 0.29) is 0 Å². The van der Waals surface area contributed by atoms with E-state index in [0.717, 1.165) is 67.6 Å². The lowest BCUT2D eigenvalue weighted by molar-refractivity contribution is 0.477. The van der Waals surface area contributed by atoms with Crippen molar-refractivity contribution in [2.75, 3.05) is 9.80 Å². The molecule has 7 aromatic carbocycles. The maximum atomic E-state index is 6.61. The summed E-state index contributed by atoms with van der Waals surface area (Å²) in [6.07, 6.45) is 0. The maximum absolute atomic E-state index is 6.61. The van der Waals surface area contributed by atoms with Crippen molar-refractivity contribution < 1.29 is 9.15 Å². The van der Waals surface area contributed by atoms with Crippen LogP contribution in [0, 0.1) is 0 Å². The van der Waals surface area contributed by atoms with E-state index < -0.39 is 0 Å². The first-order chi connectivity index (χ1) is 21.8. The Hall–Kier alpha value is -6.00. The fourth-order valence-corrected chi connectivity index (χ4v) is 6.42. The number of furan rings is 1. The van der Waals surface area contributed by atoms with E-state index in [4.69, 9.17) is 9.15 Å². The van der Waals surface area contributed by atoms with Crippen molar-refractivity contribution in [3.05, 3.63) is 158 Å². The predicted molar refractivity (Wildman–Crippen MR) is 181 cm³/mol. The van der Waals surface area contributed by atoms with Gasteiger partial charge in [-0.15, -0.1) is 0 Å². The van der Waals surface area contributed by atoms with E-state index in [9.17, 15) is 0 Å². The quantitative estimate of drug-likeness (QED) is 0.212. The van der Waals surface area contributed by atoms with Crippen molar-refractivity contribution in [2.24, 2.45) is 0 Å². The van der Waals surface area contributed by atoms with Crippen LogP contribution in [0.4, 0.5) is 34.1 Å². The zero-order valence-corrected chi connectivity index (χ0v) is 23.7. The Morgan fingerprint density at radius 2 is 1.14 bits per heavy atom. The zero-order chi connectivity index (χ0) is 29.0. The molecule has 1 aliphatic heterocycles. The molecular weight excluding hydrogens is 540 g/mol. The summed E-state index contributed by atoms with van der Waals surface area (Å²) < 4.78 is 12.8. The molecule has 0 saturated heterocycles. The Bertz CT molecular complexity index is 2340. The molecule has 4 nitrogen and oxygen atoms in total.